The van der Waals surface area contributed by atoms with Crippen LogP contribution in [-0.2, 0) is 21.0 Å². The molecule has 1 fully saturated rings. The lowest BCUT2D eigenvalue weighted by atomic mass is 10.1. The summed E-state index contributed by atoms with van der Waals surface area (Å²) in [5.74, 6) is -3.68. The Hall–Kier alpha value is -2.70. The van der Waals surface area contributed by atoms with Gasteiger partial charge in [-0.1, -0.05) is 42.4 Å². The second kappa shape index (κ2) is 7.18. The summed E-state index contributed by atoms with van der Waals surface area (Å²) in [6, 6.07) is 11.8. The zero-order chi connectivity index (χ0) is 22.6. The normalized spacial score (nSPS) is 23.6. The summed E-state index contributed by atoms with van der Waals surface area (Å²) in [5, 5.41) is 13.2. The second-order valence-corrected chi connectivity index (χ2v) is 10.1. The van der Waals surface area contributed by atoms with Gasteiger partial charge in [-0.2, -0.15) is 17.9 Å². The highest BCUT2D eigenvalue weighted by molar-refractivity contribution is 7.91. The number of carboxylic acid groups (broad SMARTS) is 1. The van der Waals surface area contributed by atoms with Crippen LogP contribution in [0, 0.1) is 5.92 Å². The van der Waals surface area contributed by atoms with Crippen molar-refractivity contribution in [3.05, 3.63) is 59.9 Å². The molecule has 31 heavy (non-hydrogen) atoms. The lowest BCUT2D eigenvalue weighted by Gasteiger charge is -2.15. The van der Waals surface area contributed by atoms with E-state index in [0.29, 0.717) is 23.0 Å². The molecule has 0 bridgehead atoms. The van der Waals surface area contributed by atoms with E-state index in [1.807, 2.05) is 0 Å². The second-order valence-electron chi connectivity index (χ2n) is 7.15. The first-order chi connectivity index (χ1) is 14.5. The van der Waals surface area contributed by atoms with Gasteiger partial charge in [0, 0.05) is 12.0 Å². The van der Waals surface area contributed by atoms with Crippen LogP contribution >= 0.6 is 11.3 Å². The number of benzene rings is 1. The van der Waals surface area contributed by atoms with Gasteiger partial charge < -0.3 is 9.63 Å². The first-order valence-electron chi connectivity index (χ1n) is 8.93. The van der Waals surface area contributed by atoms with Crippen LogP contribution < -0.4 is 4.72 Å². The summed E-state index contributed by atoms with van der Waals surface area (Å²) < 4.78 is 70.3. The van der Waals surface area contributed by atoms with E-state index in [1.54, 1.807) is 37.3 Å². The largest absolute Gasteiger partial charge is 0.480 e. The van der Waals surface area contributed by atoms with Gasteiger partial charge in [0.15, 0.2) is 0 Å². The Morgan fingerprint density at radius 2 is 1.90 bits per heavy atom. The summed E-state index contributed by atoms with van der Waals surface area (Å²) in [7, 11) is -4.28. The molecule has 1 aliphatic carbocycles. The van der Waals surface area contributed by atoms with Gasteiger partial charge in [0.2, 0.25) is 5.76 Å². The summed E-state index contributed by atoms with van der Waals surface area (Å²) in [6.07, 6.45) is -4.72. The van der Waals surface area contributed by atoms with E-state index >= 15 is 0 Å². The number of hydrogen-bond donors (Lipinski definition) is 2. The van der Waals surface area contributed by atoms with E-state index < -0.39 is 45.3 Å². The molecule has 1 saturated carbocycles. The Bertz CT molecular complexity index is 1240. The lowest BCUT2D eigenvalue weighted by Crippen LogP contribution is -2.45. The fraction of sp³-hybridized carbons (Fsp3) is 0.263. The summed E-state index contributed by atoms with van der Waals surface area (Å²) in [4.78, 5) is 12.2. The Balaban J connectivity index is 1.62. The zero-order valence-electron chi connectivity index (χ0n) is 15.8. The van der Waals surface area contributed by atoms with Crippen molar-refractivity contribution in [3.8, 4) is 10.6 Å². The summed E-state index contributed by atoms with van der Waals surface area (Å²) in [6.45, 7) is 1.64. The molecule has 1 unspecified atom stereocenters. The number of hydrogen-bond acceptors (Lipinski definition) is 6. The van der Waals surface area contributed by atoms with Crippen LogP contribution in [-0.4, -0.2) is 30.2 Å². The molecule has 0 radical (unpaired) electrons. The highest BCUT2D eigenvalue weighted by Crippen LogP contribution is 2.58. The molecule has 12 heteroatoms. The minimum atomic E-state index is -4.72. The zero-order valence-corrected chi connectivity index (χ0v) is 17.4. The van der Waals surface area contributed by atoms with Crippen LogP contribution in [0.1, 0.15) is 24.2 Å². The van der Waals surface area contributed by atoms with Crippen molar-refractivity contribution in [2.75, 3.05) is 0 Å². The molecule has 2 aromatic heterocycles. The van der Waals surface area contributed by atoms with Crippen LogP contribution in [0.5, 0.6) is 0 Å². The van der Waals surface area contributed by atoms with Gasteiger partial charge in [-0.15, -0.1) is 11.3 Å². The molecule has 3 aromatic rings. The average Bonchev–Trinajstić information content (AvgIpc) is 3.13. The summed E-state index contributed by atoms with van der Waals surface area (Å²) in [5.41, 5.74) is -1.20. The Morgan fingerprint density at radius 1 is 1.23 bits per heavy atom. The number of thiophene rings is 1. The molecule has 0 saturated heterocycles. The molecule has 164 valence electrons. The molecule has 0 aliphatic heterocycles. The minimum absolute atomic E-state index is 0.132. The van der Waals surface area contributed by atoms with Crippen molar-refractivity contribution in [2.24, 2.45) is 5.92 Å². The van der Waals surface area contributed by atoms with E-state index in [4.69, 9.17) is 0 Å². The monoisotopic (exact) mass is 472 g/mol. The van der Waals surface area contributed by atoms with Gasteiger partial charge >= 0.3 is 12.1 Å². The van der Waals surface area contributed by atoms with Gasteiger partial charge in [0.25, 0.3) is 10.0 Å². The first-order valence-corrected chi connectivity index (χ1v) is 11.2. The van der Waals surface area contributed by atoms with Crippen LogP contribution in [0.4, 0.5) is 13.2 Å². The maximum atomic E-state index is 12.9. The SMILES string of the molecule is CC1[C@@H](c2ccccc2)[C@]1(NS(=O)(=O)c1ccc(-c2cc(C(F)(F)F)on2)s1)C(=O)O. The quantitative estimate of drug-likeness (QED) is 0.562. The van der Waals surface area contributed by atoms with Gasteiger partial charge in [-0.25, -0.2) is 8.42 Å². The molecular formula is C19H15F3N2O5S2. The number of nitrogens with one attached hydrogen (secondary N) is 1. The molecule has 0 spiro atoms. The third-order valence-electron chi connectivity index (χ3n) is 5.30. The number of aromatic nitrogens is 1. The third kappa shape index (κ3) is 3.64. The van der Waals surface area contributed by atoms with Crippen LogP contribution in [0.25, 0.3) is 10.6 Å². The number of carbonyl (C=O) groups is 1. The Kier molecular flexibility index (Phi) is 4.98. The molecule has 1 aliphatic rings. The molecule has 4 rings (SSSR count). The van der Waals surface area contributed by atoms with Crippen LogP contribution in [0.3, 0.4) is 0 Å². The number of alkyl halides is 3. The fourth-order valence-corrected chi connectivity index (χ4v) is 6.42. The van der Waals surface area contributed by atoms with Crippen molar-refractivity contribution < 1.29 is 36.0 Å². The lowest BCUT2D eigenvalue weighted by molar-refractivity contribution is -0.155. The molecule has 0 amide bonds. The molecule has 7 nitrogen and oxygen atoms in total. The average molecular weight is 472 g/mol. The van der Waals surface area contributed by atoms with Crippen molar-refractivity contribution in [1.29, 1.82) is 0 Å². The predicted octanol–water partition coefficient (Wildman–Crippen LogP) is 3.96. The topological polar surface area (TPSA) is 110 Å². The standard InChI is InChI=1S/C19H15F3N2O5S2/c1-10-16(11-5-3-2-4-6-11)18(10,17(25)26)24-31(27,28)15-8-7-13(30-15)12-9-14(29-23-12)19(20,21)22/h2-10,16,24H,1H3,(H,25,26)/t10?,16-,18-/m0/s1. The summed E-state index contributed by atoms with van der Waals surface area (Å²) >= 11 is 0.662. The highest BCUT2D eigenvalue weighted by Gasteiger charge is 2.70. The number of aliphatic carboxylic acids is 1. The number of nitrogens with zero attached hydrogens (tertiary/aromatic N) is 1. The minimum Gasteiger partial charge on any atom is -0.480 e. The van der Waals surface area contributed by atoms with E-state index in [1.165, 1.54) is 12.1 Å². The van der Waals surface area contributed by atoms with E-state index in [2.05, 4.69) is 14.4 Å². The maximum Gasteiger partial charge on any atom is 0.452 e. The highest BCUT2D eigenvalue weighted by atomic mass is 32.2. The van der Waals surface area contributed by atoms with Gasteiger partial charge in [-0.3, -0.25) is 4.79 Å². The number of sulfonamides is 1. The van der Waals surface area contributed by atoms with Gasteiger partial charge in [-0.05, 0) is 23.6 Å². The van der Waals surface area contributed by atoms with Gasteiger partial charge in [0.05, 0.1) is 4.88 Å². The molecular weight excluding hydrogens is 457 g/mol. The predicted molar refractivity (Wildman–Crippen MR) is 104 cm³/mol. The number of carboxylic acids is 1. The van der Waals surface area contributed by atoms with Crippen molar-refractivity contribution in [3.63, 3.8) is 0 Å². The van der Waals surface area contributed by atoms with Crippen LogP contribution in [0.15, 0.2) is 57.3 Å². The molecule has 1 aromatic carbocycles. The van der Waals surface area contributed by atoms with Crippen molar-refractivity contribution in [1.82, 2.24) is 9.88 Å². The maximum absolute atomic E-state index is 12.9. The number of rotatable bonds is 6. The van der Waals surface area contributed by atoms with Crippen LogP contribution in [0.2, 0.25) is 0 Å². The molecule has 2 N–H and O–H groups in total. The fourth-order valence-electron chi connectivity index (χ4n) is 3.70. The smallest absolute Gasteiger partial charge is 0.452 e. The van der Waals surface area contributed by atoms with E-state index in [9.17, 15) is 31.5 Å². The molecule has 3 atom stereocenters. The third-order valence-corrected chi connectivity index (χ3v) is 8.39. The van der Waals surface area contributed by atoms with Crippen molar-refractivity contribution in [2.45, 2.75) is 28.8 Å². The van der Waals surface area contributed by atoms with Crippen molar-refractivity contribution >= 4 is 27.3 Å². The van der Waals surface area contributed by atoms with E-state index in [0.717, 1.165) is 0 Å². The molecule has 2 heterocycles. The number of halogens is 3. The Labute approximate surface area is 178 Å². The Morgan fingerprint density at radius 3 is 2.48 bits per heavy atom. The first kappa shape index (κ1) is 21.5. The van der Waals surface area contributed by atoms with Gasteiger partial charge in [0.1, 0.15) is 15.4 Å². The van der Waals surface area contributed by atoms with E-state index in [-0.39, 0.29) is 14.8 Å².